The fraction of sp³-hybridized carbons (Fsp3) is 0.393. The van der Waals surface area contributed by atoms with Gasteiger partial charge in [0.25, 0.3) is 0 Å². The molecule has 0 N–H and O–H groups in total. The van der Waals surface area contributed by atoms with Crippen LogP contribution in [0.4, 0.5) is 16.0 Å². The second-order valence-electron chi connectivity index (χ2n) is 9.75. The van der Waals surface area contributed by atoms with Gasteiger partial charge < -0.3 is 9.80 Å². The van der Waals surface area contributed by atoms with E-state index in [0.717, 1.165) is 72.6 Å². The Labute approximate surface area is 205 Å². The minimum atomic E-state index is -0.195. The van der Waals surface area contributed by atoms with E-state index >= 15 is 0 Å². The lowest BCUT2D eigenvalue weighted by atomic mass is 9.96. The monoisotopic (exact) mass is 470 g/mol. The van der Waals surface area contributed by atoms with E-state index in [1.807, 2.05) is 35.0 Å². The van der Waals surface area contributed by atoms with Crippen LogP contribution in [0.2, 0.25) is 0 Å². The van der Waals surface area contributed by atoms with Gasteiger partial charge in [-0.05, 0) is 73.6 Å². The number of imidazole rings is 1. The van der Waals surface area contributed by atoms with Crippen LogP contribution in [-0.2, 0) is 0 Å². The van der Waals surface area contributed by atoms with Crippen molar-refractivity contribution in [1.82, 2.24) is 19.6 Å². The smallest absolute Gasteiger partial charge is 0.154 e. The molecule has 180 valence electrons. The predicted octanol–water partition coefficient (Wildman–Crippen LogP) is 5.90. The van der Waals surface area contributed by atoms with E-state index in [2.05, 4.69) is 33.8 Å². The van der Waals surface area contributed by atoms with Gasteiger partial charge in [0.1, 0.15) is 23.1 Å². The van der Waals surface area contributed by atoms with Gasteiger partial charge in [-0.25, -0.2) is 18.9 Å². The first-order valence-electron chi connectivity index (χ1n) is 12.8. The highest BCUT2D eigenvalue weighted by molar-refractivity contribution is 5.62. The minimum Gasteiger partial charge on any atom is -0.356 e. The normalized spacial score (nSPS) is 20.6. The van der Waals surface area contributed by atoms with Crippen molar-refractivity contribution in [3.8, 4) is 11.4 Å². The van der Waals surface area contributed by atoms with Crippen molar-refractivity contribution in [3.05, 3.63) is 72.2 Å². The molecular formula is C28H31FN6. The standard InChI is InChI=1S/C28H31FN6/c1-2-20-7-5-15-33(19-20)27-12-4-10-23(31-27)25-18-30-26-13-14-28(32-35(25)26)34-16-6-11-24(34)21-8-3-9-22(29)17-21/h3-4,8-10,12-14,17-18,20,24H,2,5-7,11,15-16,19H2,1H3. The van der Waals surface area contributed by atoms with Crippen LogP contribution in [0.5, 0.6) is 0 Å². The van der Waals surface area contributed by atoms with E-state index < -0.39 is 0 Å². The van der Waals surface area contributed by atoms with Crippen molar-refractivity contribution in [2.75, 3.05) is 29.4 Å². The minimum absolute atomic E-state index is 0.120. The Morgan fingerprint density at radius 2 is 1.86 bits per heavy atom. The van der Waals surface area contributed by atoms with Crippen LogP contribution in [0.1, 0.15) is 50.6 Å². The van der Waals surface area contributed by atoms with Gasteiger partial charge in [-0.3, -0.25) is 0 Å². The second-order valence-corrected chi connectivity index (χ2v) is 9.75. The first kappa shape index (κ1) is 22.0. The molecule has 6 rings (SSSR count). The third kappa shape index (κ3) is 4.24. The zero-order valence-corrected chi connectivity index (χ0v) is 20.1. The average Bonchev–Trinajstić information content (AvgIpc) is 3.56. The molecule has 0 amide bonds. The van der Waals surface area contributed by atoms with Gasteiger partial charge in [-0.2, -0.15) is 0 Å². The Kier molecular flexibility index (Phi) is 5.84. The molecular weight excluding hydrogens is 439 g/mol. The Bertz CT molecular complexity index is 1330. The Morgan fingerprint density at radius 1 is 0.971 bits per heavy atom. The summed E-state index contributed by atoms with van der Waals surface area (Å²) in [6, 6.07) is 17.3. The zero-order valence-electron chi connectivity index (χ0n) is 20.1. The Hall–Kier alpha value is -3.48. The number of aromatic nitrogens is 4. The molecule has 2 aliphatic heterocycles. The lowest BCUT2D eigenvalue weighted by Gasteiger charge is -2.33. The molecule has 5 heterocycles. The Balaban J connectivity index is 1.33. The number of benzene rings is 1. The third-order valence-electron chi connectivity index (χ3n) is 7.55. The number of nitrogens with zero attached hydrogens (tertiary/aromatic N) is 6. The van der Waals surface area contributed by atoms with Crippen molar-refractivity contribution in [1.29, 1.82) is 0 Å². The summed E-state index contributed by atoms with van der Waals surface area (Å²) in [7, 11) is 0. The quantitative estimate of drug-likeness (QED) is 0.364. The van der Waals surface area contributed by atoms with Gasteiger partial charge in [-0.15, -0.1) is 5.10 Å². The van der Waals surface area contributed by atoms with Crippen molar-refractivity contribution >= 4 is 17.3 Å². The summed E-state index contributed by atoms with van der Waals surface area (Å²) in [5.74, 6) is 2.44. The first-order valence-corrected chi connectivity index (χ1v) is 12.8. The molecule has 2 saturated heterocycles. The molecule has 4 aromatic rings. The molecule has 0 bridgehead atoms. The van der Waals surface area contributed by atoms with Crippen molar-refractivity contribution < 1.29 is 4.39 Å². The highest BCUT2D eigenvalue weighted by Crippen LogP contribution is 2.36. The van der Waals surface area contributed by atoms with Gasteiger partial charge in [0, 0.05) is 19.6 Å². The van der Waals surface area contributed by atoms with Crippen molar-refractivity contribution in [2.45, 2.75) is 45.1 Å². The maximum absolute atomic E-state index is 13.9. The summed E-state index contributed by atoms with van der Waals surface area (Å²) >= 11 is 0. The van der Waals surface area contributed by atoms with Gasteiger partial charge in [0.05, 0.1) is 17.9 Å². The largest absolute Gasteiger partial charge is 0.356 e. The first-order chi connectivity index (χ1) is 17.2. The lowest BCUT2D eigenvalue weighted by molar-refractivity contribution is 0.403. The zero-order chi connectivity index (χ0) is 23.8. The van der Waals surface area contributed by atoms with Crippen LogP contribution in [0.15, 0.2) is 60.8 Å². The predicted molar refractivity (Wildman–Crippen MR) is 137 cm³/mol. The summed E-state index contributed by atoms with van der Waals surface area (Å²) in [4.78, 5) is 14.3. The highest BCUT2D eigenvalue weighted by atomic mass is 19.1. The van der Waals surface area contributed by atoms with Crippen LogP contribution in [-0.4, -0.2) is 39.2 Å². The molecule has 35 heavy (non-hydrogen) atoms. The maximum Gasteiger partial charge on any atom is 0.154 e. The molecule has 0 aliphatic carbocycles. The number of hydrogen-bond donors (Lipinski definition) is 0. The summed E-state index contributed by atoms with van der Waals surface area (Å²) in [5, 5.41) is 4.99. The summed E-state index contributed by atoms with van der Waals surface area (Å²) in [5.41, 5.74) is 3.55. The van der Waals surface area contributed by atoms with Gasteiger partial charge >= 0.3 is 0 Å². The van der Waals surface area contributed by atoms with E-state index in [1.54, 1.807) is 12.1 Å². The maximum atomic E-state index is 13.9. The fourth-order valence-corrected chi connectivity index (χ4v) is 5.64. The van der Waals surface area contributed by atoms with Crippen LogP contribution < -0.4 is 9.80 Å². The second kappa shape index (κ2) is 9.29. The summed E-state index contributed by atoms with van der Waals surface area (Å²) < 4.78 is 15.8. The molecule has 2 fully saturated rings. The average molecular weight is 471 g/mol. The SMILES string of the molecule is CCC1CCCN(c2cccc(-c3cnc4ccc(N5CCCC5c5cccc(F)c5)nn34)n2)C1. The molecule has 0 saturated carbocycles. The van der Waals surface area contributed by atoms with E-state index in [1.165, 1.54) is 25.3 Å². The van der Waals surface area contributed by atoms with E-state index in [0.29, 0.717) is 0 Å². The van der Waals surface area contributed by atoms with E-state index in [9.17, 15) is 4.39 Å². The van der Waals surface area contributed by atoms with E-state index in [-0.39, 0.29) is 11.9 Å². The molecule has 2 atom stereocenters. The highest BCUT2D eigenvalue weighted by Gasteiger charge is 2.28. The number of halogens is 1. The number of rotatable bonds is 5. The topological polar surface area (TPSA) is 49.6 Å². The number of fused-ring (bicyclic) bond motifs is 1. The molecule has 2 unspecified atom stereocenters. The number of piperidine rings is 1. The van der Waals surface area contributed by atoms with Gasteiger partial charge in [0.2, 0.25) is 0 Å². The molecule has 2 aliphatic rings. The number of anilines is 2. The third-order valence-corrected chi connectivity index (χ3v) is 7.55. The van der Waals surface area contributed by atoms with Crippen LogP contribution >= 0.6 is 0 Å². The molecule has 0 spiro atoms. The molecule has 3 aromatic heterocycles. The van der Waals surface area contributed by atoms with E-state index in [4.69, 9.17) is 10.1 Å². The molecule has 6 nitrogen and oxygen atoms in total. The van der Waals surface area contributed by atoms with Crippen LogP contribution in [0, 0.1) is 11.7 Å². The number of hydrogen-bond acceptors (Lipinski definition) is 5. The van der Waals surface area contributed by atoms with Crippen molar-refractivity contribution in [3.63, 3.8) is 0 Å². The fourth-order valence-electron chi connectivity index (χ4n) is 5.64. The molecule has 7 heteroatoms. The Morgan fingerprint density at radius 3 is 2.74 bits per heavy atom. The molecule has 0 radical (unpaired) electrons. The summed E-state index contributed by atoms with van der Waals surface area (Å²) in [6.07, 6.45) is 7.63. The van der Waals surface area contributed by atoms with Crippen molar-refractivity contribution in [2.24, 2.45) is 5.92 Å². The van der Waals surface area contributed by atoms with Gasteiger partial charge in [0.15, 0.2) is 5.65 Å². The van der Waals surface area contributed by atoms with Crippen LogP contribution in [0.3, 0.4) is 0 Å². The summed E-state index contributed by atoms with van der Waals surface area (Å²) in [6.45, 7) is 5.29. The lowest BCUT2D eigenvalue weighted by Crippen LogP contribution is -2.35. The molecule has 1 aromatic carbocycles. The van der Waals surface area contributed by atoms with Crippen LogP contribution in [0.25, 0.3) is 17.0 Å². The van der Waals surface area contributed by atoms with Gasteiger partial charge in [-0.1, -0.05) is 31.5 Å². The number of pyridine rings is 1.